The maximum Gasteiger partial charge on any atom is 0.416 e. The Kier molecular flexibility index (Phi) is 3.69. The fraction of sp³-hybridized carbons (Fsp3) is 0.667. The third-order valence-electron chi connectivity index (χ3n) is 7.64. The van der Waals surface area contributed by atoms with Crippen LogP contribution in [0.5, 0.6) is 0 Å². The number of amides is 2. The van der Waals surface area contributed by atoms with Crippen molar-refractivity contribution in [3.05, 3.63) is 35.4 Å². The number of aliphatic hydroxyl groups is 1. The maximum atomic E-state index is 13.3. The van der Waals surface area contributed by atoms with Crippen molar-refractivity contribution in [1.82, 2.24) is 10.2 Å². The molecule has 3 atom stereocenters. The topological polar surface area (TPSA) is 52.6 Å². The quantitative estimate of drug-likeness (QED) is 0.800. The van der Waals surface area contributed by atoms with Crippen molar-refractivity contribution in [2.75, 3.05) is 6.54 Å². The van der Waals surface area contributed by atoms with Crippen molar-refractivity contribution < 1.29 is 23.1 Å². The van der Waals surface area contributed by atoms with Gasteiger partial charge in [0.05, 0.1) is 16.7 Å². The first-order chi connectivity index (χ1) is 13.1. The largest absolute Gasteiger partial charge is 0.416 e. The molecule has 4 nitrogen and oxygen atoms in total. The minimum absolute atomic E-state index is 0.0288. The molecule has 1 aliphatic heterocycles. The summed E-state index contributed by atoms with van der Waals surface area (Å²) in [7, 11) is 0. The summed E-state index contributed by atoms with van der Waals surface area (Å²) >= 11 is 0. The predicted molar refractivity (Wildman–Crippen MR) is 96.3 cm³/mol. The minimum Gasteiger partial charge on any atom is -0.390 e. The van der Waals surface area contributed by atoms with Crippen molar-refractivity contribution in [3.8, 4) is 0 Å². The second-order valence-corrected chi connectivity index (χ2v) is 9.57. The molecule has 3 unspecified atom stereocenters. The van der Waals surface area contributed by atoms with Crippen molar-refractivity contribution in [3.63, 3.8) is 0 Å². The molecule has 1 saturated heterocycles. The highest BCUT2D eigenvalue weighted by atomic mass is 19.4. The van der Waals surface area contributed by atoms with Gasteiger partial charge in [-0.05, 0) is 74.5 Å². The highest BCUT2D eigenvalue weighted by Gasteiger charge is 2.60. The maximum absolute atomic E-state index is 13.3. The van der Waals surface area contributed by atoms with Gasteiger partial charge in [-0.2, -0.15) is 13.2 Å². The Bertz CT molecular complexity index is 810. The number of nitrogens with one attached hydrogen (secondary N) is 1. The average Bonchev–Trinajstić information content (AvgIpc) is 2.89. The van der Waals surface area contributed by atoms with Crippen molar-refractivity contribution in [2.45, 2.75) is 62.4 Å². The Morgan fingerprint density at radius 3 is 2.46 bits per heavy atom. The van der Waals surface area contributed by atoms with E-state index in [2.05, 4.69) is 5.32 Å². The molecular formula is C21H25F3N2O2. The van der Waals surface area contributed by atoms with Gasteiger partial charge in [-0.3, -0.25) is 0 Å². The molecule has 28 heavy (non-hydrogen) atoms. The van der Waals surface area contributed by atoms with Gasteiger partial charge in [0.15, 0.2) is 0 Å². The van der Waals surface area contributed by atoms with Gasteiger partial charge in [0.25, 0.3) is 0 Å². The van der Waals surface area contributed by atoms with E-state index in [1.54, 1.807) is 6.07 Å². The first-order valence-corrected chi connectivity index (χ1v) is 10.1. The molecule has 152 valence electrons. The molecule has 4 aliphatic carbocycles. The van der Waals surface area contributed by atoms with Crippen LogP contribution in [0.15, 0.2) is 24.3 Å². The van der Waals surface area contributed by atoms with Crippen molar-refractivity contribution in [1.29, 1.82) is 0 Å². The number of benzene rings is 1. The number of carbonyl (C=O) groups is 1. The molecule has 4 bridgehead atoms. The summed E-state index contributed by atoms with van der Waals surface area (Å²) in [6, 6.07) is 5.12. The van der Waals surface area contributed by atoms with E-state index in [0.29, 0.717) is 24.3 Å². The third-order valence-corrected chi connectivity index (χ3v) is 7.64. The first kappa shape index (κ1) is 18.3. The average molecular weight is 394 g/mol. The number of carbonyl (C=O) groups excluding carboxylic acids is 1. The molecule has 4 saturated carbocycles. The summed E-state index contributed by atoms with van der Waals surface area (Å²) in [5.41, 5.74) is -1.63. The summed E-state index contributed by atoms with van der Waals surface area (Å²) in [5, 5.41) is 13.7. The van der Waals surface area contributed by atoms with Crippen LogP contribution in [-0.2, 0) is 11.7 Å². The van der Waals surface area contributed by atoms with Crippen LogP contribution < -0.4 is 5.32 Å². The van der Waals surface area contributed by atoms with E-state index in [4.69, 9.17) is 0 Å². The van der Waals surface area contributed by atoms with Crippen LogP contribution in [0, 0.1) is 17.8 Å². The monoisotopic (exact) mass is 394 g/mol. The summed E-state index contributed by atoms with van der Waals surface area (Å²) in [6.07, 6.45) is -0.207. The van der Waals surface area contributed by atoms with E-state index >= 15 is 0 Å². The van der Waals surface area contributed by atoms with Crippen LogP contribution in [-0.4, -0.2) is 34.2 Å². The molecule has 1 aromatic rings. The molecule has 7 heteroatoms. The highest BCUT2D eigenvalue weighted by molar-refractivity contribution is 5.79. The van der Waals surface area contributed by atoms with Gasteiger partial charge in [0, 0.05) is 12.6 Å². The number of nitrogens with zero attached hydrogens (tertiary/aromatic N) is 1. The van der Waals surface area contributed by atoms with Gasteiger partial charge >= 0.3 is 12.2 Å². The third kappa shape index (κ3) is 2.58. The van der Waals surface area contributed by atoms with Crippen molar-refractivity contribution >= 4 is 6.03 Å². The Morgan fingerprint density at radius 1 is 1.18 bits per heavy atom. The van der Waals surface area contributed by atoms with E-state index in [0.717, 1.165) is 25.3 Å². The second-order valence-electron chi connectivity index (χ2n) is 9.57. The molecule has 1 aromatic carbocycles. The van der Waals surface area contributed by atoms with Crippen LogP contribution in [0.25, 0.3) is 0 Å². The smallest absolute Gasteiger partial charge is 0.390 e. The Balaban J connectivity index is 1.53. The molecular weight excluding hydrogens is 369 g/mol. The summed E-state index contributed by atoms with van der Waals surface area (Å²) in [5.74, 6) is 0.930. The SMILES string of the molecule is CC1(c2cccc(C(F)(F)F)c2)CNC(=O)N1C1C2CC3CC1CC(O)(C3)C2. The lowest BCUT2D eigenvalue weighted by Crippen LogP contribution is -2.64. The lowest BCUT2D eigenvalue weighted by atomic mass is 9.51. The van der Waals surface area contributed by atoms with Gasteiger partial charge < -0.3 is 15.3 Å². The van der Waals surface area contributed by atoms with Gasteiger partial charge in [-0.25, -0.2) is 4.79 Å². The molecule has 0 spiro atoms. The highest BCUT2D eigenvalue weighted by Crippen LogP contribution is 2.58. The van der Waals surface area contributed by atoms with E-state index in [-0.39, 0.29) is 30.5 Å². The number of urea groups is 1. The fourth-order valence-electron chi connectivity index (χ4n) is 6.75. The zero-order valence-corrected chi connectivity index (χ0v) is 15.8. The zero-order valence-electron chi connectivity index (χ0n) is 15.8. The van der Waals surface area contributed by atoms with Gasteiger partial charge in [0.1, 0.15) is 0 Å². The Labute approximate surface area is 162 Å². The first-order valence-electron chi connectivity index (χ1n) is 10.1. The number of hydrogen-bond acceptors (Lipinski definition) is 2. The van der Waals surface area contributed by atoms with Gasteiger partial charge in [-0.1, -0.05) is 12.1 Å². The zero-order chi connectivity index (χ0) is 19.9. The molecule has 2 N–H and O–H groups in total. The summed E-state index contributed by atoms with van der Waals surface area (Å²) in [4.78, 5) is 14.7. The van der Waals surface area contributed by atoms with E-state index in [1.165, 1.54) is 12.1 Å². The molecule has 0 radical (unpaired) electrons. The van der Waals surface area contributed by atoms with Gasteiger partial charge in [0.2, 0.25) is 0 Å². The molecule has 5 fully saturated rings. The number of hydrogen-bond donors (Lipinski definition) is 2. The van der Waals surface area contributed by atoms with Crippen molar-refractivity contribution in [2.24, 2.45) is 17.8 Å². The number of halogens is 3. The van der Waals surface area contributed by atoms with Crippen LogP contribution in [0.2, 0.25) is 0 Å². The predicted octanol–water partition coefficient (Wildman–Crippen LogP) is 3.89. The second kappa shape index (κ2) is 5.65. The lowest BCUT2D eigenvalue weighted by Gasteiger charge is -2.61. The Hall–Kier alpha value is -1.76. The molecule has 1 heterocycles. The molecule has 6 rings (SSSR count). The molecule has 2 amide bonds. The van der Waals surface area contributed by atoms with Crippen LogP contribution in [0.3, 0.4) is 0 Å². The summed E-state index contributed by atoms with van der Waals surface area (Å²) in [6.45, 7) is 2.15. The van der Waals surface area contributed by atoms with E-state index in [9.17, 15) is 23.1 Å². The Morgan fingerprint density at radius 2 is 1.86 bits per heavy atom. The fourth-order valence-corrected chi connectivity index (χ4v) is 6.75. The normalized spacial score (nSPS) is 42.2. The van der Waals surface area contributed by atoms with Crippen LogP contribution in [0.1, 0.15) is 50.2 Å². The van der Waals surface area contributed by atoms with Crippen LogP contribution in [0.4, 0.5) is 18.0 Å². The standard InChI is InChI=1S/C21H25F3N2O2/c1-19(15-3-2-4-16(7-15)21(22,23)24)11-25-18(27)26(19)17-13-5-12-6-14(17)10-20(28,8-12)9-13/h2-4,7,12-14,17,28H,5-6,8-11H2,1H3,(H,25,27). The number of rotatable bonds is 2. The van der Waals surface area contributed by atoms with Crippen LogP contribution >= 0.6 is 0 Å². The lowest BCUT2D eigenvalue weighted by molar-refractivity contribution is -0.161. The molecule has 5 aliphatic rings. The minimum atomic E-state index is -4.42. The number of alkyl halides is 3. The van der Waals surface area contributed by atoms with E-state index in [1.807, 2.05) is 11.8 Å². The van der Waals surface area contributed by atoms with E-state index < -0.39 is 22.9 Å². The van der Waals surface area contributed by atoms with Gasteiger partial charge in [-0.15, -0.1) is 0 Å². The molecule has 0 aromatic heterocycles. The summed E-state index contributed by atoms with van der Waals surface area (Å²) < 4.78 is 39.8.